The van der Waals surface area contributed by atoms with E-state index in [1.54, 1.807) is 23.1 Å². The molecule has 2 atom stereocenters. The average molecular weight is 363 g/mol. The van der Waals surface area contributed by atoms with Crippen LogP contribution >= 0.6 is 0 Å². The summed E-state index contributed by atoms with van der Waals surface area (Å²) in [6.45, 7) is 0.763. The molecule has 6 heteroatoms. The Morgan fingerprint density at radius 1 is 1.11 bits per heavy atom. The number of para-hydroxylation sites is 1. The molecule has 1 aliphatic rings. The first kappa shape index (κ1) is 17.4. The lowest BCUT2D eigenvalue weighted by Crippen LogP contribution is -2.47. The number of aliphatic hydroxyl groups is 1. The second-order valence-corrected chi connectivity index (χ2v) is 6.91. The number of amides is 1. The van der Waals surface area contributed by atoms with Gasteiger partial charge in [-0.1, -0.05) is 42.5 Å². The molecule has 4 rings (SSSR count). The monoisotopic (exact) mass is 363 g/mol. The molecular weight excluding hydrogens is 342 g/mol. The normalized spacial score (nSPS) is 20.0. The van der Waals surface area contributed by atoms with Gasteiger partial charge in [-0.15, -0.1) is 0 Å². The van der Waals surface area contributed by atoms with E-state index in [-0.39, 0.29) is 30.5 Å². The zero-order chi connectivity index (χ0) is 18.8. The molecule has 1 fully saturated rings. The van der Waals surface area contributed by atoms with E-state index in [9.17, 15) is 14.7 Å². The molecule has 0 spiro atoms. The van der Waals surface area contributed by atoms with Crippen LogP contribution in [0.4, 0.5) is 0 Å². The highest BCUT2D eigenvalue weighted by Crippen LogP contribution is 2.28. The number of aromatic nitrogens is 2. The van der Waals surface area contributed by atoms with Gasteiger partial charge in [-0.25, -0.2) is 4.98 Å². The molecule has 0 radical (unpaired) electrons. The van der Waals surface area contributed by atoms with E-state index in [2.05, 4.69) is 4.98 Å². The van der Waals surface area contributed by atoms with Crippen molar-refractivity contribution in [1.82, 2.24) is 14.5 Å². The van der Waals surface area contributed by atoms with E-state index in [4.69, 9.17) is 0 Å². The van der Waals surface area contributed by atoms with Gasteiger partial charge in [-0.2, -0.15) is 0 Å². The van der Waals surface area contributed by atoms with Crippen LogP contribution in [0.2, 0.25) is 0 Å². The van der Waals surface area contributed by atoms with Crippen LogP contribution in [-0.2, 0) is 11.3 Å². The summed E-state index contributed by atoms with van der Waals surface area (Å²) in [6.07, 6.45) is 1.49. The van der Waals surface area contributed by atoms with E-state index < -0.39 is 6.10 Å². The average Bonchev–Trinajstić information content (AvgIpc) is 2.71. The number of nitrogens with zero attached hydrogens (tertiary/aromatic N) is 3. The molecule has 1 N–H and O–H groups in total. The van der Waals surface area contributed by atoms with Crippen molar-refractivity contribution in [3.63, 3.8) is 0 Å². The van der Waals surface area contributed by atoms with E-state index >= 15 is 0 Å². The van der Waals surface area contributed by atoms with Gasteiger partial charge < -0.3 is 10.0 Å². The number of aliphatic hydroxyl groups excluding tert-OH is 1. The van der Waals surface area contributed by atoms with Crippen molar-refractivity contribution in [1.29, 1.82) is 0 Å². The summed E-state index contributed by atoms with van der Waals surface area (Å²) in [7, 11) is 0. The Hall–Kier alpha value is -2.99. The maximum atomic E-state index is 12.7. The van der Waals surface area contributed by atoms with Crippen molar-refractivity contribution in [3.05, 3.63) is 76.8 Å². The fourth-order valence-corrected chi connectivity index (χ4v) is 3.71. The summed E-state index contributed by atoms with van der Waals surface area (Å²) in [5.41, 5.74) is 1.48. The third kappa shape index (κ3) is 3.48. The van der Waals surface area contributed by atoms with Crippen LogP contribution in [0.3, 0.4) is 0 Å². The second-order valence-electron chi connectivity index (χ2n) is 6.91. The molecule has 1 aliphatic heterocycles. The predicted octanol–water partition coefficient (Wildman–Crippen LogP) is 1.77. The van der Waals surface area contributed by atoms with Gasteiger partial charge in [0.15, 0.2) is 0 Å². The molecule has 27 heavy (non-hydrogen) atoms. The first-order valence-electron chi connectivity index (χ1n) is 9.08. The Balaban J connectivity index is 1.47. The van der Waals surface area contributed by atoms with Crippen molar-refractivity contribution < 1.29 is 9.90 Å². The van der Waals surface area contributed by atoms with Crippen LogP contribution in [0, 0.1) is 0 Å². The van der Waals surface area contributed by atoms with Crippen LogP contribution in [0.25, 0.3) is 10.9 Å². The van der Waals surface area contributed by atoms with E-state index in [0.29, 0.717) is 23.9 Å². The molecular formula is C21H21N3O3. The Kier molecular flexibility index (Phi) is 4.73. The van der Waals surface area contributed by atoms with E-state index in [1.165, 1.54) is 10.9 Å². The fourth-order valence-electron chi connectivity index (χ4n) is 3.71. The predicted molar refractivity (Wildman–Crippen MR) is 102 cm³/mol. The quantitative estimate of drug-likeness (QED) is 0.770. The number of benzene rings is 2. The largest absolute Gasteiger partial charge is 0.391 e. The highest BCUT2D eigenvalue weighted by Gasteiger charge is 2.31. The molecule has 2 heterocycles. The first-order chi connectivity index (χ1) is 13.1. The number of β-amino-alcohol motifs (C(OH)–C–C–N with tert-alkyl or cyclic N) is 1. The lowest BCUT2D eigenvalue weighted by Gasteiger charge is -2.36. The minimum atomic E-state index is -0.614. The zero-order valence-corrected chi connectivity index (χ0v) is 14.9. The number of rotatable bonds is 3. The topological polar surface area (TPSA) is 75.4 Å². The molecule has 0 aliphatic carbocycles. The van der Waals surface area contributed by atoms with E-state index in [1.807, 2.05) is 36.4 Å². The van der Waals surface area contributed by atoms with Crippen molar-refractivity contribution in [2.45, 2.75) is 25.0 Å². The Labute approximate surface area is 156 Å². The van der Waals surface area contributed by atoms with Crippen molar-refractivity contribution in [2.24, 2.45) is 0 Å². The maximum Gasteiger partial charge on any atom is 0.261 e. The number of carbonyl (C=O) groups excluding carboxylic acids is 1. The van der Waals surface area contributed by atoms with Crippen LogP contribution in [-0.4, -0.2) is 44.7 Å². The van der Waals surface area contributed by atoms with E-state index in [0.717, 1.165) is 5.56 Å². The third-order valence-corrected chi connectivity index (χ3v) is 5.20. The maximum absolute atomic E-state index is 12.7. The van der Waals surface area contributed by atoms with Gasteiger partial charge in [0.05, 0.1) is 23.3 Å². The molecule has 1 amide bonds. The highest BCUT2D eigenvalue weighted by atomic mass is 16.3. The van der Waals surface area contributed by atoms with Gasteiger partial charge in [-0.3, -0.25) is 14.2 Å². The summed E-state index contributed by atoms with van der Waals surface area (Å²) in [6, 6.07) is 17.0. The lowest BCUT2D eigenvalue weighted by molar-refractivity contribution is -0.135. The molecule has 0 bridgehead atoms. The molecule has 6 nitrogen and oxygen atoms in total. The number of fused-ring (bicyclic) bond motifs is 1. The summed E-state index contributed by atoms with van der Waals surface area (Å²) >= 11 is 0. The SMILES string of the molecule is O=C(Cn1cnc2ccccc2c1=O)N1CC[C@@H](c2ccccc2)[C@H](O)C1. The molecule has 3 aromatic rings. The standard InChI is InChI=1S/C21H21N3O3/c25-19-12-23(11-10-16(19)15-6-2-1-3-7-15)20(26)13-24-14-22-18-9-5-4-8-17(18)21(24)27/h1-9,14,16,19,25H,10-13H2/t16-,19+/m0/s1. The van der Waals surface area contributed by atoms with Crippen molar-refractivity contribution in [3.8, 4) is 0 Å². The Morgan fingerprint density at radius 2 is 1.85 bits per heavy atom. The molecule has 0 saturated carbocycles. The highest BCUT2D eigenvalue weighted by molar-refractivity contribution is 5.79. The number of hydrogen-bond donors (Lipinski definition) is 1. The van der Waals surface area contributed by atoms with Gasteiger partial charge in [0.1, 0.15) is 6.54 Å². The summed E-state index contributed by atoms with van der Waals surface area (Å²) in [5, 5.41) is 11.0. The third-order valence-electron chi connectivity index (χ3n) is 5.20. The first-order valence-corrected chi connectivity index (χ1v) is 9.08. The van der Waals surface area contributed by atoms with Crippen LogP contribution in [0.5, 0.6) is 0 Å². The smallest absolute Gasteiger partial charge is 0.261 e. The van der Waals surface area contributed by atoms with Crippen molar-refractivity contribution in [2.75, 3.05) is 13.1 Å². The van der Waals surface area contributed by atoms with Gasteiger partial charge in [0.2, 0.25) is 5.91 Å². The molecule has 1 aromatic heterocycles. The Bertz CT molecular complexity index is 1020. The van der Waals surface area contributed by atoms with Gasteiger partial charge in [0, 0.05) is 19.0 Å². The summed E-state index contributed by atoms with van der Waals surface area (Å²) in [5.74, 6) is -0.153. The van der Waals surface area contributed by atoms with Gasteiger partial charge >= 0.3 is 0 Å². The second kappa shape index (κ2) is 7.32. The van der Waals surface area contributed by atoms with Crippen molar-refractivity contribution >= 4 is 16.8 Å². The minimum Gasteiger partial charge on any atom is -0.391 e. The molecule has 2 aromatic carbocycles. The zero-order valence-electron chi connectivity index (χ0n) is 14.9. The molecule has 138 valence electrons. The number of piperidine rings is 1. The van der Waals surface area contributed by atoms with Crippen LogP contribution in [0.1, 0.15) is 17.9 Å². The summed E-state index contributed by atoms with van der Waals surface area (Å²) in [4.78, 5) is 31.1. The number of likely N-dealkylation sites (tertiary alicyclic amines) is 1. The van der Waals surface area contributed by atoms with Gasteiger partial charge in [0.25, 0.3) is 5.56 Å². The minimum absolute atomic E-state index is 0.0281. The lowest BCUT2D eigenvalue weighted by atomic mass is 9.87. The number of hydrogen-bond acceptors (Lipinski definition) is 4. The van der Waals surface area contributed by atoms with Gasteiger partial charge in [-0.05, 0) is 24.1 Å². The molecule has 1 saturated heterocycles. The van der Waals surface area contributed by atoms with Crippen LogP contribution in [0.15, 0.2) is 65.7 Å². The Morgan fingerprint density at radius 3 is 2.63 bits per heavy atom. The molecule has 0 unspecified atom stereocenters. The number of carbonyl (C=O) groups is 1. The fraction of sp³-hybridized carbons (Fsp3) is 0.286. The van der Waals surface area contributed by atoms with Crippen LogP contribution < -0.4 is 5.56 Å². The summed E-state index contributed by atoms with van der Waals surface area (Å²) < 4.78 is 1.33.